The van der Waals surface area contributed by atoms with Gasteiger partial charge in [-0.2, -0.15) is 4.98 Å². The Bertz CT molecular complexity index is 3000. The first-order chi connectivity index (χ1) is 35.6. The molecule has 6 heterocycles. The van der Waals surface area contributed by atoms with E-state index in [4.69, 9.17) is 23.9 Å². The van der Waals surface area contributed by atoms with Crippen LogP contribution in [0.2, 0.25) is 0 Å². The van der Waals surface area contributed by atoms with Crippen LogP contribution in [-0.2, 0) is 14.8 Å². The number of sulfonamides is 1. The van der Waals surface area contributed by atoms with Crippen molar-refractivity contribution >= 4 is 44.0 Å². The molecule has 4 aliphatic heterocycles. The van der Waals surface area contributed by atoms with Gasteiger partial charge in [0, 0.05) is 73.2 Å². The molecule has 0 unspecified atom stereocenters. The molecule has 0 bridgehead atoms. The van der Waals surface area contributed by atoms with Crippen molar-refractivity contribution in [3.05, 3.63) is 99.7 Å². The minimum Gasteiger partial charge on any atom is -0.489 e. The van der Waals surface area contributed by atoms with Gasteiger partial charge in [-0.1, -0.05) is 38.1 Å². The fourth-order valence-corrected chi connectivity index (χ4v) is 13.8. The van der Waals surface area contributed by atoms with Gasteiger partial charge in [-0.05, 0) is 143 Å². The number of nitro benzene ring substituents is 1. The summed E-state index contributed by atoms with van der Waals surface area (Å²) in [5.41, 5.74) is 3.35. The minimum absolute atomic E-state index is 0.00666. The fraction of sp³-hybridized carbons (Fsp3) is 0.536. The number of carbonyl (C=O) groups is 1. The Balaban J connectivity index is 0.843. The van der Waals surface area contributed by atoms with E-state index in [0.717, 1.165) is 62.5 Å². The van der Waals surface area contributed by atoms with E-state index in [-0.39, 0.29) is 64.3 Å². The maximum atomic E-state index is 14.5. The second kappa shape index (κ2) is 20.3. The highest BCUT2D eigenvalue weighted by Crippen LogP contribution is 2.55. The number of hydrogen-bond donors (Lipinski definition) is 4. The van der Waals surface area contributed by atoms with Gasteiger partial charge in [0.15, 0.2) is 17.2 Å². The van der Waals surface area contributed by atoms with Crippen molar-refractivity contribution in [1.29, 1.82) is 0 Å². The molecule has 3 atom stereocenters. The number of amides is 1. The molecule has 4 N–H and O–H groups in total. The number of nitro groups is 1. The summed E-state index contributed by atoms with van der Waals surface area (Å²) in [6.45, 7) is 10.9. The second-order valence-corrected chi connectivity index (χ2v) is 24.2. The van der Waals surface area contributed by atoms with Crippen LogP contribution in [0.4, 0.5) is 17.1 Å². The third-order valence-electron chi connectivity index (χ3n) is 17.1. The summed E-state index contributed by atoms with van der Waals surface area (Å²) in [5.74, 6) is 0.251. The molecule has 5 aromatic rings. The third-order valence-corrected chi connectivity index (χ3v) is 18.4. The van der Waals surface area contributed by atoms with E-state index in [0.29, 0.717) is 69.2 Å². The van der Waals surface area contributed by atoms with E-state index in [2.05, 4.69) is 62.9 Å². The van der Waals surface area contributed by atoms with E-state index < -0.39 is 37.0 Å². The number of rotatable bonds is 14. The first-order valence-corrected chi connectivity index (χ1v) is 28.2. The molecule has 2 saturated carbocycles. The summed E-state index contributed by atoms with van der Waals surface area (Å²) in [7, 11) is -4.72. The number of fused-ring (bicyclic) bond motifs is 2. The number of aromatic amines is 1. The Morgan fingerprint density at radius 1 is 0.973 bits per heavy atom. The lowest BCUT2D eigenvalue weighted by Crippen LogP contribution is -2.54. The Labute approximate surface area is 432 Å². The van der Waals surface area contributed by atoms with Gasteiger partial charge in [-0.3, -0.25) is 19.8 Å². The van der Waals surface area contributed by atoms with Gasteiger partial charge in [-0.25, -0.2) is 13.1 Å². The summed E-state index contributed by atoms with van der Waals surface area (Å²) in [5, 5.41) is 27.0. The SMILES string of the molecule is CC(C)c1ccccc1[C@H]1CCCN1C1CC2(CCN(c3ccc(C(=O)NS(=O)(=O)c4cc5c(c([N+](=O)[O-])c4)N[C@@H](C4CCC(C)(O)CC4)CO5)c(Oc4cc5cc[nH]c5nc4OC[C@H]4CCCOC4)c3)CC2)C1. The zero-order valence-corrected chi connectivity index (χ0v) is 43.5. The minimum atomic E-state index is -4.72. The Morgan fingerprint density at radius 3 is 2.53 bits per heavy atom. The van der Waals surface area contributed by atoms with Gasteiger partial charge < -0.3 is 39.3 Å². The number of piperidine rings is 1. The molecule has 74 heavy (non-hydrogen) atoms. The number of anilines is 2. The van der Waals surface area contributed by atoms with Gasteiger partial charge in [0.05, 0.1) is 40.2 Å². The average Bonchev–Trinajstić information content (AvgIpc) is 4.07. The van der Waals surface area contributed by atoms with Crippen molar-refractivity contribution in [2.24, 2.45) is 17.3 Å². The topological polar surface area (TPSA) is 211 Å². The van der Waals surface area contributed by atoms with Gasteiger partial charge in [0.2, 0.25) is 0 Å². The lowest BCUT2D eigenvalue weighted by molar-refractivity contribution is -0.384. The number of carbonyl (C=O) groups excluding carboxylic acids is 1. The first-order valence-electron chi connectivity index (χ1n) is 26.7. The van der Waals surface area contributed by atoms with Crippen molar-refractivity contribution in [2.75, 3.05) is 56.3 Å². The highest BCUT2D eigenvalue weighted by Gasteiger charge is 2.50. The number of nitrogens with one attached hydrogen (secondary N) is 3. The van der Waals surface area contributed by atoms with Gasteiger partial charge in [0.1, 0.15) is 18.0 Å². The van der Waals surface area contributed by atoms with Crippen LogP contribution < -0.4 is 29.1 Å². The number of benzene rings is 3. The highest BCUT2D eigenvalue weighted by atomic mass is 32.2. The van der Waals surface area contributed by atoms with E-state index in [9.17, 15) is 28.4 Å². The smallest absolute Gasteiger partial charge is 0.297 e. The largest absolute Gasteiger partial charge is 0.489 e. The number of hydrogen-bond acceptors (Lipinski definition) is 14. The molecule has 5 fully saturated rings. The number of ether oxygens (including phenoxy) is 4. The number of aliphatic hydroxyl groups is 1. The summed E-state index contributed by atoms with van der Waals surface area (Å²) < 4.78 is 55.4. The predicted octanol–water partition coefficient (Wildman–Crippen LogP) is 10.0. The molecule has 2 aliphatic carbocycles. The number of pyridine rings is 1. The van der Waals surface area contributed by atoms with Crippen molar-refractivity contribution in [3.63, 3.8) is 0 Å². The van der Waals surface area contributed by atoms with Crippen molar-refractivity contribution in [3.8, 4) is 23.1 Å². The van der Waals surface area contributed by atoms with Crippen LogP contribution >= 0.6 is 0 Å². The van der Waals surface area contributed by atoms with Crippen molar-refractivity contribution in [1.82, 2.24) is 19.6 Å². The molecular weight excluding hydrogens is 963 g/mol. The van der Waals surface area contributed by atoms with Crippen LogP contribution in [-0.4, -0.2) is 103 Å². The Hall–Kier alpha value is -5.95. The van der Waals surface area contributed by atoms with Gasteiger partial charge in [-0.15, -0.1) is 0 Å². The van der Waals surface area contributed by atoms with Crippen LogP contribution in [0.5, 0.6) is 23.1 Å². The highest BCUT2D eigenvalue weighted by molar-refractivity contribution is 7.90. The van der Waals surface area contributed by atoms with Gasteiger partial charge in [0.25, 0.3) is 27.5 Å². The van der Waals surface area contributed by atoms with E-state index in [1.54, 1.807) is 24.4 Å². The summed E-state index contributed by atoms with van der Waals surface area (Å²) in [6, 6.07) is 20.7. The number of likely N-dealkylation sites (tertiary alicyclic amines) is 1. The van der Waals surface area contributed by atoms with E-state index in [1.165, 1.54) is 42.9 Å². The molecular formula is C56H69N7O10S. The molecule has 1 amide bonds. The van der Waals surface area contributed by atoms with Crippen LogP contribution in [0, 0.1) is 27.4 Å². The zero-order valence-electron chi connectivity index (χ0n) is 42.6. The number of H-pyrrole nitrogens is 1. The molecule has 3 saturated heterocycles. The predicted molar refractivity (Wildman–Crippen MR) is 281 cm³/mol. The summed E-state index contributed by atoms with van der Waals surface area (Å²) >= 11 is 0. The molecule has 394 valence electrons. The lowest BCUT2D eigenvalue weighted by atomic mass is 9.59. The molecule has 3 aromatic carbocycles. The van der Waals surface area contributed by atoms with Crippen LogP contribution in [0.1, 0.15) is 131 Å². The maximum Gasteiger partial charge on any atom is 0.297 e. The molecule has 6 aliphatic rings. The number of nitrogens with zero attached hydrogens (tertiary/aromatic N) is 4. The van der Waals surface area contributed by atoms with Crippen LogP contribution in [0.25, 0.3) is 11.0 Å². The fourth-order valence-electron chi connectivity index (χ4n) is 12.8. The van der Waals surface area contributed by atoms with Gasteiger partial charge >= 0.3 is 0 Å². The van der Waals surface area contributed by atoms with Crippen LogP contribution in [0.15, 0.2) is 77.8 Å². The average molecular weight is 1030 g/mol. The number of aromatic nitrogens is 2. The third kappa shape index (κ3) is 10.3. The molecule has 0 radical (unpaired) electrons. The molecule has 2 aromatic heterocycles. The molecule has 11 rings (SSSR count). The molecule has 1 spiro atoms. The standard InChI is InChI=1S/C56H69N7O10S/c1-35(2)42-9-4-5-10-43(42)46-11-6-22-62(46)40-30-56(31-40)19-23-61(24-20-56)39-12-13-44(48(27-39)73-50-26-38-16-21-57-52(38)59-54(50)72-33-36-8-7-25-70-32-36)53(64)60-74(68,69)41-28-47(63(66)67)51-49(29-41)71-34-45(58-51)37-14-17-55(3,65)18-15-37/h4-5,9-10,12-13,16,21,26-29,35-37,40,45-46,58,65H,6-8,11,14-15,17-20,22-25,30-34H2,1-3H3,(H,57,59)(H,60,64)/t36-,37?,45+,46+,55?/m0/s1. The monoisotopic (exact) mass is 1030 g/mol. The molecule has 18 heteroatoms. The summed E-state index contributed by atoms with van der Waals surface area (Å²) in [4.78, 5) is 38.8. The second-order valence-electron chi connectivity index (χ2n) is 22.5. The van der Waals surface area contributed by atoms with E-state index >= 15 is 0 Å². The van der Waals surface area contributed by atoms with Crippen molar-refractivity contribution < 1.29 is 42.2 Å². The maximum absolute atomic E-state index is 14.5. The first kappa shape index (κ1) is 50.2. The normalized spacial score (nSPS) is 25.2. The summed E-state index contributed by atoms with van der Waals surface area (Å²) in [6.07, 6.45) is 13.0. The zero-order chi connectivity index (χ0) is 51.4. The van der Waals surface area contributed by atoms with Crippen molar-refractivity contribution in [2.45, 2.75) is 132 Å². The van der Waals surface area contributed by atoms with E-state index in [1.807, 2.05) is 19.1 Å². The lowest BCUT2D eigenvalue weighted by Gasteiger charge is -2.56. The Kier molecular flexibility index (Phi) is 13.8. The Morgan fingerprint density at radius 2 is 1.77 bits per heavy atom. The molecule has 17 nitrogen and oxygen atoms in total. The van der Waals surface area contributed by atoms with Crippen LogP contribution in [0.3, 0.4) is 0 Å². The quantitative estimate of drug-likeness (QED) is 0.0603.